The summed E-state index contributed by atoms with van der Waals surface area (Å²) in [5.74, 6) is -0.584. The van der Waals surface area contributed by atoms with Crippen molar-refractivity contribution in [3.05, 3.63) is 0 Å². The first kappa shape index (κ1) is 9.44. The first-order valence-corrected chi connectivity index (χ1v) is 3.97. The highest BCUT2D eigenvalue weighted by molar-refractivity contribution is 5.82. The van der Waals surface area contributed by atoms with Gasteiger partial charge in [0.15, 0.2) is 0 Å². The summed E-state index contributed by atoms with van der Waals surface area (Å²) in [4.78, 5) is 11.0. The van der Waals surface area contributed by atoms with Crippen molar-refractivity contribution in [3.63, 3.8) is 0 Å². The molecule has 4 N–H and O–H groups in total. The average molecular weight is 174 g/mol. The number of carbonyl (C=O) groups excluding carboxylic acids is 1. The first-order valence-electron chi connectivity index (χ1n) is 3.97. The lowest BCUT2D eigenvalue weighted by Gasteiger charge is -2.36. The largest absolute Gasteiger partial charge is 0.388 e. The van der Waals surface area contributed by atoms with Crippen LogP contribution >= 0.6 is 0 Å². The van der Waals surface area contributed by atoms with Gasteiger partial charge in [0.1, 0.15) is 6.04 Å². The Kier molecular flexibility index (Phi) is 2.66. The fraction of sp³-hybridized carbons (Fsp3) is 0.857. The molecule has 70 valence electrons. The minimum absolute atomic E-state index is 0.568. The molecule has 0 aromatic carbocycles. The number of hydroxylamine groups is 1. The van der Waals surface area contributed by atoms with E-state index < -0.39 is 17.6 Å². The van der Waals surface area contributed by atoms with Crippen LogP contribution in [0, 0.1) is 0 Å². The Morgan fingerprint density at radius 1 is 1.75 bits per heavy atom. The summed E-state index contributed by atoms with van der Waals surface area (Å²) in [6.07, 6.45) is 1.40. The van der Waals surface area contributed by atoms with Crippen molar-refractivity contribution >= 4 is 5.91 Å². The van der Waals surface area contributed by atoms with E-state index in [-0.39, 0.29) is 0 Å². The lowest BCUT2D eigenvalue weighted by atomic mass is 9.87. The molecule has 0 aromatic heterocycles. The van der Waals surface area contributed by atoms with E-state index in [1.165, 1.54) is 5.48 Å². The fourth-order valence-electron chi connectivity index (χ4n) is 1.50. The van der Waals surface area contributed by atoms with Crippen LogP contribution in [0.25, 0.3) is 0 Å². The van der Waals surface area contributed by atoms with Crippen LogP contribution in [-0.4, -0.2) is 34.4 Å². The van der Waals surface area contributed by atoms with Crippen molar-refractivity contribution < 1.29 is 15.1 Å². The van der Waals surface area contributed by atoms with E-state index >= 15 is 0 Å². The number of hydrogen-bond donors (Lipinski definition) is 4. The molecule has 2 atom stereocenters. The molecule has 0 saturated carbocycles. The van der Waals surface area contributed by atoms with E-state index in [9.17, 15) is 9.90 Å². The fourth-order valence-corrected chi connectivity index (χ4v) is 1.50. The number of nitrogens with one attached hydrogen (secondary N) is 2. The van der Waals surface area contributed by atoms with E-state index in [1.54, 1.807) is 6.92 Å². The Balaban J connectivity index is 2.66. The molecule has 5 heteroatoms. The van der Waals surface area contributed by atoms with Gasteiger partial charge in [-0.15, -0.1) is 0 Å². The number of hydrogen-bond acceptors (Lipinski definition) is 4. The molecule has 1 aliphatic heterocycles. The van der Waals surface area contributed by atoms with Gasteiger partial charge in [0.2, 0.25) is 0 Å². The van der Waals surface area contributed by atoms with Crippen molar-refractivity contribution in [1.29, 1.82) is 0 Å². The monoisotopic (exact) mass is 174 g/mol. The second kappa shape index (κ2) is 3.38. The van der Waals surface area contributed by atoms with E-state index in [2.05, 4.69) is 5.32 Å². The Morgan fingerprint density at radius 2 is 2.42 bits per heavy atom. The quantitative estimate of drug-likeness (QED) is 0.303. The second-order valence-electron chi connectivity index (χ2n) is 3.32. The number of rotatable bonds is 1. The smallest absolute Gasteiger partial charge is 0.263 e. The van der Waals surface area contributed by atoms with Crippen molar-refractivity contribution in [3.8, 4) is 0 Å². The number of piperidine rings is 1. The van der Waals surface area contributed by atoms with Crippen LogP contribution in [0.4, 0.5) is 0 Å². The van der Waals surface area contributed by atoms with E-state index in [0.29, 0.717) is 13.0 Å². The summed E-state index contributed by atoms with van der Waals surface area (Å²) in [6, 6.07) is -0.712. The molecular weight excluding hydrogens is 160 g/mol. The summed E-state index contributed by atoms with van der Waals surface area (Å²) < 4.78 is 0. The van der Waals surface area contributed by atoms with E-state index in [4.69, 9.17) is 5.21 Å². The molecule has 1 rings (SSSR count). The van der Waals surface area contributed by atoms with Crippen LogP contribution in [0.1, 0.15) is 19.8 Å². The standard InChI is InChI=1S/C7H14N2O3/c1-7(11)3-2-4-8-5(7)6(10)9-12/h5,8,11-12H,2-4H2,1H3,(H,9,10). The van der Waals surface area contributed by atoms with Gasteiger partial charge in [-0.25, -0.2) is 5.48 Å². The normalized spacial score (nSPS) is 36.1. The molecule has 1 fully saturated rings. The minimum atomic E-state index is -1.06. The molecule has 1 heterocycles. The third-order valence-corrected chi connectivity index (χ3v) is 2.20. The van der Waals surface area contributed by atoms with Gasteiger partial charge in [-0.1, -0.05) is 0 Å². The van der Waals surface area contributed by atoms with E-state index in [0.717, 1.165) is 6.42 Å². The zero-order valence-electron chi connectivity index (χ0n) is 7.00. The molecule has 5 nitrogen and oxygen atoms in total. The number of carbonyl (C=O) groups is 1. The second-order valence-corrected chi connectivity index (χ2v) is 3.32. The summed E-state index contributed by atoms with van der Waals surface area (Å²) in [6.45, 7) is 2.27. The SMILES string of the molecule is CC1(O)CCCNC1C(=O)NO. The topological polar surface area (TPSA) is 81.6 Å². The highest BCUT2D eigenvalue weighted by atomic mass is 16.5. The molecule has 1 aliphatic rings. The molecular formula is C7H14N2O3. The maximum Gasteiger partial charge on any atom is 0.263 e. The van der Waals surface area contributed by atoms with Gasteiger partial charge >= 0.3 is 0 Å². The van der Waals surface area contributed by atoms with Crippen molar-refractivity contribution in [2.75, 3.05) is 6.54 Å². The van der Waals surface area contributed by atoms with Crippen LogP contribution in [0.3, 0.4) is 0 Å². The molecule has 2 unspecified atom stereocenters. The van der Waals surface area contributed by atoms with E-state index in [1.807, 2.05) is 0 Å². The van der Waals surface area contributed by atoms with Gasteiger partial charge in [-0.3, -0.25) is 10.0 Å². The minimum Gasteiger partial charge on any atom is -0.388 e. The highest BCUT2D eigenvalue weighted by Gasteiger charge is 2.39. The van der Waals surface area contributed by atoms with Crippen molar-refractivity contribution in [2.24, 2.45) is 0 Å². The van der Waals surface area contributed by atoms with Gasteiger partial charge in [0.05, 0.1) is 5.60 Å². The van der Waals surface area contributed by atoms with Gasteiger partial charge in [0, 0.05) is 0 Å². The summed E-state index contributed by atoms with van der Waals surface area (Å²) in [5.41, 5.74) is 0.464. The Hall–Kier alpha value is -0.650. The van der Waals surface area contributed by atoms with Gasteiger partial charge < -0.3 is 10.4 Å². The maximum atomic E-state index is 11.0. The Morgan fingerprint density at radius 3 is 2.92 bits per heavy atom. The van der Waals surface area contributed by atoms with Gasteiger partial charge in [-0.05, 0) is 26.3 Å². The summed E-state index contributed by atoms with van der Waals surface area (Å²) in [7, 11) is 0. The molecule has 12 heavy (non-hydrogen) atoms. The predicted octanol–water partition coefficient (Wildman–Crippen LogP) is -1.01. The van der Waals surface area contributed by atoms with Crippen LogP contribution in [0.5, 0.6) is 0 Å². The van der Waals surface area contributed by atoms with Crippen molar-refractivity contribution in [2.45, 2.75) is 31.4 Å². The lowest BCUT2D eigenvalue weighted by Crippen LogP contribution is -2.60. The zero-order chi connectivity index (χ0) is 9.19. The summed E-state index contributed by atoms with van der Waals surface area (Å²) in [5, 5.41) is 20.9. The molecule has 0 aliphatic carbocycles. The highest BCUT2D eigenvalue weighted by Crippen LogP contribution is 2.20. The van der Waals surface area contributed by atoms with Crippen LogP contribution < -0.4 is 10.8 Å². The zero-order valence-corrected chi connectivity index (χ0v) is 7.00. The molecule has 1 saturated heterocycles. The number of aliphatic hydroxyl groups is 1. The molecule has 0 bridgehead atoms. The van der Waals surface area contributed by atoms with Crippen LogP contribution in [0.15, 0.2) is 0 Å². The first-order chi connectivity index (χ1) is 5.58. The third-order valence-electron chi connectivity index (χ3n) is 2.20. The maximum absolute atomic E-state index is 11.0. The molecule has 0 aromatic rings. The van der Waals surface area contributed by atoms with Crippen LogP contribution in [-0.2, 0) is 4.79 Å². The van der Waals surface area contributed by atoms with Gasteiger partial charge in [-0.2, -0.15) is 0 Å². The summed E-state index contributed by atoms with van der Waals surface area (Å²) >= 11 is 0. The van der Waals surface area contributed by atoms with Crippen molar-refractivity contribution in [1.82, 2.24) is 10.8 Å². The molecule has 0 spiro atoms. The van der Waals surface area contributed by atoms with Gasteiger partial charge in [0.25, 0.3) is 5.91 Å². The predicted molar refractivity (Wildman–Crippen MR) is 41.6 cm³/mol. The lowest BCUT2D eigenvalue weighted by molar-refractivity contribution is -0.139. The third kappa shape index (κ3) is 1.74. The number of amides is 1. The Labute approximate surface area is 70.7 Å². The van der Waals surface area contributed by atoms with Crippen LogP contribution in [0.2, 0.25) is 0 Å². The Bertz CT molecular complexity index is 181. The molecule has 0 radical (unpaired) electrons. The average Bonchev–Trinajstić information content (AvgIpc) is 2.02. The molecule has 1 amide bonds.